The molecule has 68 valence electrons. The van der Waals surface area contributed by atoms with Gasteiger partial charge in [-0.25, -0.2) is 9.59 Å². The number of hydrogen-bond donors (Lipinski definition) is 2. The van der Waals surface area contributed by atoms with Gasteiger partial charge in [-0.1, -0.05) is 0 Å². The van der Waals surface area contributed by atoms with Crippen molar-refractivity contribution < 1.29 is 93.9 Å². The van der Waals surface area contributed by atoms with E-state index in [0.717, 1.165) is 0 Å². The molecule has 7 nitrogen and oxygen atoms in total. The Morgan fingerprint density at radius 2 is 1.00 bits per heavy atom. The smallest absolute Gasteiger partial charge is 0.652 e. The summed E-state index contributed by atoms with van der Waals surface area (Å²) in [6, 6.07) is 0. The molecule has 0 aromatic rings. The van der Waals surface area contributed by atoms with E-state index in [1.54, 1.807) is 0 Å². The minimum Gasteiger partial charge on any atom is -0.652 e. The van der Waals surface area contributed by atoms with Crippen LogP contribution in [-0.2, 0) is 9.59 Å². The van der Waals surface area contributed by atoms with Gasteiger partial charge in [-0.3, -0.25) is 0 Å². The van der Waals surface area contributed by atoms with Gasteiger partial charge in [-0.2, -0.15) is 0 Å². The van der Waals surface area contributed by atoms with E-state index in [2.05, 4.69) is 0 Å². The topological polar surface area (TPSA) is 138 Å². The van der Waals surface area contributed by atoms with Gasteiger partial charge in [-0.15, -0.1) is 0 Å². The summed E-state index contributed by atoms with van der Waals surface area (Å²) in [6.07, 6.45) is -1.22. The molecule has 9 heteroatoms. The second-order valence-corrected chi connectivity index (χ2v) is 1.26. The first-order valence-electron chi connectivity index (χ1n) is 2.38. The number of carboxylic acid groups (broad SMARTS) is 4. The minimum absolute atomic E-state index is 0. The molecule has 0 amide bonds. The van der Waals surface area contributed by atoms with Crippen molar-refractivity contribution in [3.8, 4) is 0 Å². The van der Waals surface area contributed by atoms with E-state index >= 15 is 0 Å². The normalized spacial score (nSPS) is 7.14. The van der Waals surface area contributed by atoms with Gasteiger partial charge in [0.25, 0.3) is 0 Å². The fraction of sp³-hybridized carbons (Fsp3) is 0. The Balaban J connectivity index is -0.0000000733. The van der Waals surface area contributed by atoms with E-state index in [9.17, 15) is 9.59 Å². The van der Waals surface area contributed by atoms with Gasteiger partial charge in [-0.05, 0) is 6.16 Å². The largest absolute Gasteiger partial charge is 1.00 e. The third kappa shape index (κ3) is 58.5. The Kier molecular flexibility index (Phi) is 26.0. The van der Waals surface area contributed by atoms with Crippen LogP contribution in [0.15, 0.2) is 12.2 Å². The summed E-state index contributed by atoms with van der Waals surface area (Å²) in [6.45, 7) is 0. The van der Waals surface area contributed by atoms with Crippen LogP contribution in [-0.4, -0.2) is 28.3 Å². The Hall–Kier alpha value is -0.0500. The van der Waals surface area contributed by atoms with Gasteiger partial charge in [0.05, 0.1) is 0 Å². The first-order valence-corrected chi connectivity index (χ1v) is 2.38. The van der Waals surface area contributed by atoms with Crippen LogP contribution in [0.5, 0.6) is 0 Å². The molecule has 0 saturated carbocycles. The van der Waals surface area contributed by atoms with E-state index in [-0.39, 0.29) is 59.1 Å². The number of aliphatic carboxylic acids is 2. The van der Waals surface area contributed by atoms with Crippen LogP contribution in [0.2, 0.25) is 0 Å². The Morgan fingerprint density at radius 3 is 1.07 bits per heavy atom. The maximum atomic E-state index is 9.55. The van der Waals surface area contributed by atoms with E-state index in [0.29, 0.717) is 12.2 Å². The van der Waals surface area contributed by atoms with Crippen molar-refractivity contribution in [3.05, 3.63) is 12.2 Å². The summed E-state index contributed by atoms with van der Waals surface area (Å²) in [7, 11) is 0. The predicted molar refractivity (Wildman–Crippen MR) is 29.8 cm³/mol. The first kappa shape index (κ1) is 23.6. The zero-order chi connectivity index (χ0) is 10.1. The third-order valence-corrected chi connectivity index (χ3v) is 0.368. The quantitative estimate of drug-likeness (QED) is 0.349. The Labute approximate surface area is 123 Å². The molecular formula is C5H4Na2O7. The molecule has 0 rings (SSSR count). The molecule has 0 aromatic carbocycles. The predicted octanol–water partition coefficient (Wildman–Crippen LogP) is -8.73. The van der Waals surface area contributed by atoms with Crippen LogP contribution in [0.25, 0.3) is 0 Å². The molecule has 0 heterocycles. The summed E-state index contributed by atoms with van der Waals surface area (Å²) in [4.78, 5) is 27.4. The molecule has 0 unspecified atom stereocenters. The summed E-state index contributed by atoms with van der Waals surface area (Å²) in [5, 5.41) is 32.3. The zero-order valence-corrected chi connectivity index (χ0v) is 11.6. The molecule has 0 bridgehead atoms. The maximum Gasteiger partial charge on any atom is 1.00 e. The number of carbonyl (C=O) groups is 3. The number of rotatable bonds is 2. The van der Waals surface area contributed by atoms with Gasteiger partial charge >= 0.3 is 71.1 Å². The van der Waals surface area contributed by atoms with E-state index in [4.69, 9.17) is 25.2 Å². The van der Waals surface area contributed by atoms with Gasteiger partial charge in [0.1, 0.15) is 0 Å². The molecule has 14 heavy (non-hydrogen) atoms. The van der Waals surface area contributed by atoms with Crippen molar-refractivity contribution in [1.82, 2.24) is 0 Å². The van der Waals surface area contributed by atoms with Gasteiger partial charge in [0.15, 0.2) is 0 Å². The fourth-order valence-corrected chi connectivity index (χ4v) is 0.143. The van der Waals surface area contributed by atoms with Gasteiger partial charge in [0, 0.05) is 12.2 Å². The monoisotopic (exact) mass is 222 g/mol. The third-order valence-electron chi connectivity index (χ3n) is 0.368. The zero-order valence-electron chi connectivity index (χ0n) is 7.59. The molecule has 0 fully saturated rings. The van der Waals surface area contributed by atoms with Crippen LogP contribution >= 0.6 is 0 Å². The molecule has 0 aromatic heterocycles. The van der Waals surface area contributed by atoms with Crippen molar-refractivity contribution in [3.63, 3.8) is 0 Å². The summed E-state index contributed by atoms with van der Waals surface area (Å²) in [5.41, 5.74) is 0. The van der Waals surface area contributed by atoms with Crippen molar-refractivity contribution >= 4 is 18.1 Å². The SMILES string of the molecule is O=C(O)C=CC(=O)O.O=C([O-])[O-].[Na+].[Na+]. The molecule has 0 aliphatic heterocycles. The molecule has 0 saturated heterocycles. The van der Waals surface area contributed by atoms with E-state index < -0.39 is 18.1 Å². The van der Waals surface area contributed by atoms with Crippen LogP contribution in [0, 0.1) is 0 Å². The standard InChI is InChI=1S/C4H4O4.CH2O3.2Na/c5-3(6)1-2-4(7)8;2-1(3)4;;/h1-2H,(H,5,6)(H,7,8);(H2,2,3,4);;/q;;2*+1/p-2. The van der Waals surface area contributed by atoms with E-state index in [1.807, 2.05) is 0 Å². The van der Waals surface area contributed by atoms with E-state index in [1.165, 1.54) is 0 Å². The van der Waals surface area contributed by atoms with Crippen LogP contribution < -0.4 is 69.3 Å². The Bertz CT molecular complexity index is 192. The average molecular weight is 222 g/mol. The molecule has 0 aliphatic rings. The van der Waals surface area contributed by atoms with Crippen LogP contribution in [0.4, 0.5) is 4.79 Å². The summed E-state index contributed by atoms with van der Waals surface area (Å²) in [5.74, 6) is -2.51. The summed E-state index contributed by atoms with van der Waals surface area (Å²) >= 11 is 0. The van der Waals surface area contributed by atoms with Crippen molar-refractivity contribution in [2.75, 3.05) is 0 Å². The molecule has 0 aliphatic carbocycles. The maximum absolute atomic E-state index is 9.55. The second-order valence-electron chi connectivity index (χ2n) is 1.26. The molecule has 2 N–H and O–H groups in total. The average Bonchev–Trinajstić information content (AvgIpc) is 1.82. The molecular weight excluding hydrogens is 218 g/mol. The Morgan fingerprint density at radius 1 is 0.857 bits per heavy atom. The van der Waals surface area contributed by atoms with Crippen molar-refractivity contribution in [1.29, 1.82) is 0 Å². The van der Waals surface area contributed by atoms with Crippen LogP contribution in [0.3, 0.4) is 0 Å². The van der Waals surface area contributed by atoms with Crippen molar-refractivity contribution in [2.24, 2.45) is 0 Å². The van der Waals surface area contributed by atoms with Gasteiger partial charge < -0.3 is 25.2 Å². The first-order chi connectivity index (χ1) is 5.36. The molecule has 0 radical (unpaired) electrons. The second kappa shape index (κ2) is 15.4. The van der Waals surface area contributed by atoms with Crippen molar-refractivity contribution in [2.45, 2.75) is 0 Å². The molecule has 0 atom stereocenters. The fourth-order valence-electron chi connectivity index (χ4n) is 0.143. The van der Waals surface area contributed by atoms with Gasteiger partial charge in [0.2, 0.25) is 0 Å². The minimum atomic E-state index is -2.33. The number of carboxylic acids is 2. The summed E-state index contributed by atoms with van der Waals surface area (Å²) < 4.78 is 0. The number of hydrogen-bond acceptors (Lipinski definition) is 5. The number of carbonyl (C=O) groups excluding carboxylic acids is 1. The van der Waals surface area contributed by atoms with Crippen LogP contribution in [0.1, 0.15) is 0 Å². The molecule has 0 spiro atoms.